The van der Waals surface area contributed by atoms with Gasteiger partial charge in [-0.2, -0.15) is 0 Å². The van der Waals surface area contributed by atoms with E-state index < -0.39 is 5.82 Å². The molecule has 3 aromatic rings. The second-order valence-electron chi connectivity index (χ2n) is 8.00. The van der Waals surface area contributed by atoms with Crippen LogP contribution in [-0.2, 0) is 11.8 Å². The number of anilines is 2. The molecule has 0 radical (unpaired) electrons. The minimum Gasteiger partial charge on any atom is -0.366 e. The molecular formula is C23H24FN7O3S. The third kappa shape index (κ3) is 5.83. The lowest BCUT2D eigenvalue weighted by atomic mass is 10.1. The van der Waals surface area contributed by atoms with Crippen molar-refractivity contribution in [3.63, 3.8) is 0 Å². The number of thioether (sulfide) groups is 1. The molecule has 1 aromatic heterocycles. The van der Waals surface area contributed by atoms with Crippen LogP contribution in [0.3, 0.4) is 0 Å². The summed E-state index contributed by atoms with van der Waals surface area (Å²) < 4.78 is 16.0. The van der Waals surface area contributed by atoms with E-state index >= 15 is 0 Å². The number of Topliss-reactive ketones (excluding diaryl/α,β-unsaturated/α-hetero) is 1. The number of nitrogens with one attached hydrogen (secondary N) is 1. The average Bonchev–Trinajstić information content (AvgIpc) is 3.27. The summed E-state index contributed by atoms with van der Waals surface area (Å²) >= 11 is 1.22. The maximum absolute atomic E-state index is 14.5. The van der Waals surface area contributed by atoms with Crippen LogP contribution in [0.4, 0.5) is 15.8 Å². The largest absolute Gasteiger partial charge is 0.366 e. The summed E-state index contributed by atoms with van der Waals surface area (Å²) in [5, 5.41) is 14.4. The molecule has 35 heavy (non-hydrogen) atoms. The molecule has 0 atom stereocenters. The molecule has 0 saturated carbocycles. The highest BCUT2D eigenvalue weighted by Gasteiger charge is 2.24. The van der Waals surface area contributed by atoms with E-state index in [2.05, 4.69) is 20.8 Å². The fourth-order valence-corrected chi connectivity index (χ4v) is 4.33. The molecule has 4 rings (SSSR count). The molecule has 2 amide bonds. The number of piperazine rings is 1. The van der Waals surface area contributed by atoms with Crippen LogP contribution in [0.5, 0.6) is 0 Å². The fraction of sp³-hybridized carbons (Fsp3) is 0.304. The molecule has 1 aliphatic heterocycles. The zero-order valence-corrected chi connectivity index (χ0v) is 20.1. The van der Waals surface area contributed by atoms with Crippen molar-refractivity contribution in [2.75, 3.05) is 42.1 Å². The van der Waals surface area contributed by atoms with E-state index in [-0.39, 0.29) is 23.4 Å². The van der Waals surface area contributed by atoms with Crippen LogP contribution < -0.4 is 10.2 Å². The molecule has 2 aromatic carbocycles. The molecule has 0 bridgehead atoms. The summed E-state index contributed by atoms with van der Waals surface area (Å²) in [6.07, 6.45) is 0. The molecule has 0 unspecified atom stereocenters. The third-order valence-corrected chi connectivity index (χ3v) is 6.60. The molecule has 1 fully saturated rings. The maximum Gasteiger partial charge on any atom is 0.253 e. The Bertz CT molecular complexity index is 1240. The molecule has 1 N–H and O–H groups in total. The van der Waals surface area contributed by atoms with E-state index in [4.69, 9.17) is 0 Å². The van der Waals surface area contributed by atoms with Gasteiger partial charge in [-0.1, -0.05) is 11.8 Å². The van der Waals surface area contributed by atoms with Gasteiger partial charge in [-0.05, 0) is 59.8 Å². The number of benzene rings is 2. The van der Waals surface area contributed by atoms with Crippen LogP contribution in [0, 0.1) is 5.82 Å². The summed E-state index contributed by atoms with van der Waals surface area (Å²) in [6, 6.07) is 11.2. The van der Waals surface area contributed by atoms with Crippen LogP contribution in [0.15, 0.2) is 47.6 Å². The number of amides is 2. The molecule has 2 heterocycles. The van der Waals surface area contributed by atoms with E-state index in [1.54, 1.807) is 48.3 Å². The van der Waals surface area contributed by atoms with Crippen LogP contribution in [0.2, 0.25) is 0 Å². The van der Waals surface area contributed by atoms with Crippen molar-refractivity contribution in [1.29, 1.82) is 0 Å². The lowest BCUT2D eigenvalue weighted by Gasteiger charge is -2.36. The number of nitrogens with zero attached hydrogens (tertiary/aromatic N) is 6. The highest BCUT2D eigenvalue weighted by molar-refractivity contribution is 7.99. The smallest absolute Gasteiger partial charge is 0.253 e. The van der Waals surface area contributed by atoms with Crippen molar-refractivity contribution < 1.29 is 18.8 Å². The Morgan fingerprint density at radius 3 is 2.31 bits per heavy atom. The van der Waals surface area contributed by atoms with E-state index in [0.717, 1.165) is 0 Å². The van der Waals surface area contributed by atoms with E-state index in [1.165, 1.54) is 29.4 Å². The van der Waals surface area contributed by atoms with Crippen molar-refractivity contribution in [3.05, 3.63) is 59.4 Å². The van der Waals surface area contributed by atoms with Crippen molar-refractivity contribution in [1.82, 2.24) is 25.1 Å². The van der Waals surface area contributed by atoms with Crippen LogP contribution in [-0.4, -0.2) is 74.6 Å². The van der Waals surface area contributed by atoms with E-state index in [1.807, 2.05) is 4.90 Å². The minimum absolute atomic E-state index is 0.125. The Morgan fingerprint density at radius 2 is 1.71 bits per heavy atom. The lowest BCUT2D eigenvalue weighted by molar-refractivity contribution is -0.113. The number of carbonyl (C=O) groups excluding carboxylic acids is 3. The summed E-state index contributed by atoms with van der Waals surface area (Å²) in [6.45, 7) is 3.25. The zero-order chi connectivity index (χ0) is 24.9. The number of halogens is 1. The van der Waals surface area contributed by atoms with E-state index in [0.29, 0.717) is 53.8 Å². The summed E-state index contributed by atoms with van der Waals surface area (Å²) in [5.41, 5.74) is 1.85. The highest BCUT2D eigenvalue weighted by atomic mass is 32.2. The number of carbonyl (C=O) groups is 3. The molecule has 10 nitrogen and oxygen atoms in total. The Balaban J connectivity index is 1.29. The van der Waals surface area contributed by atoms with Gasteiger partial charge in [-0.3, -0.25) is 14.4 Å². The van der Waals surface area contributed by atoms with Crippen molar-refractivity contribution in [3.8, 4) is 0 Å². The number of hydrogen-bond acceptors (Lipinski definition) is 8. The third-order valence-electron chi connectivity index (χ3n) is 5.59. The van der Waals surface area contributed by atoms with Gasteiger partial charge in [0.2, 0.25) is 11.1 Å². The van der Waals surface area contributed by atoms with Gasteiger partial charge < -0.3 is 15.1 Å². The van der Waals surface area contributed by atoms with Crippen molar-refractivity contribution in [2.24, 2.45) is 7.05 Å². The number of rotatable bonds is 7. The van der Waals surface area contributed by atoms with Gasteiger partial charge in [-0.15, -0.1) is 5.10 Å². The number of ketones is 1. The number of hydrogen-bond donors (Lipinski definition) is 1. The van der Waals surface area contributed by atoms with Gasteiger partial charge in [0.25, 0.3) is 5.91 Å². The van der Waals surface area contributed by atoms with Crippen LogP contribution >= 0.6 is 11.8 Å². The average molecular weight is 498 g/mol. The summed E-state index contributed by atoms with van der Waals surface area (Å²) in [5.74, 6) is -0.814. The fourth-order valence-electron chi connectivity index (χ4n) is 3.68. The van der Waals surface area contributed by atoms with Gasteiger partial charge in [0.05, 0.1) is 11.4 Å². The summed E-state index contributed by atoms with van der Waals surface area (Å²) in [7, 11) is 1.70. The molecule has 0 spiro atoms. The minimum atomic E-state index is -0.443. The molecular weight excluding hydrogens is 473 g/mol. The lowest BCUT2D eigenvalue weighted by Crippen LogP contribution is -2.49. The molecule has 182 valence electrons. The van der Waals surface area contributed by atoms with Gasteiger partial charge in [0.15, 0.2) is 5.78 Å². The second kappa shape index (κ2) is 10.6. The van der Waals surface area contributed by atoms with E-state index in [9.17, 15) is 18.8 Å². The van der Waals surface area contributed by atoms with Gasteiger partial charge in [-0.25, -0.2) is 9.07 Å². The number of aryl methyl sites for hydroxylation is 1. The SMILES string of the molecule is CC(=O)c1ccc(N2CCN(C(=O)c3ccc(NC(=O)CSc4nnnn4C)cc3)CC2)c(F)c1. The van der Waals surface area contributed by atoms with Crippen LogP contribution in [0.25, 0.3) is 0 Å². The topological polar surface area (TPSA) is 113 Å². The molecule has 1 saturated heterocycles. The monoisotopic (exact) mass is 497 g/mol. The normalized spacial score (nSPS) is 13.6. The standard InChI is InChI=1S/C23H24FN7O3S/c1-15(32)17-5-8-20(19(24)13-17)30-9-11-31(12-10-30)22(34)16-3-6-18(7-4-16)25-21(33)14-35-23-26-27-28-29(23)2/h3-8,13H,9-12,14H2,1-2H3,(H,25,33). The predicted octanol–water partition coefficient (Wildman–Crippen LogP) is 2.25. The van der Waals surface area contributed by atoms with Gasteiger partial charge in [0.1, 0.15) is 5.82 Å². The second-order valence-corrected chi connectivity index (χ2v) is 8.94. The summed E-state index contributed by atoms with van der Waals surface area (Å²) in [4.78, 5) is 40.1. The highest BCUT2D eigenvalue weighted by Crippen LogP contribution is 2.23. The first-order chi connectivity index (χ1) is 16.8. The molecule has 12 heteroatoms. The Kier molecular flexibility index (Phi) is 7.39. The Morgan fingerprint density at radius 1 is 1.03 bits per heavy atom. The quantitative estimate of drug-likeness (QED) is 0.391. The van der Waals surface area contributed by atoms with Crippen molar-refractivity contribution in [2.45, 2.75) is 12.1 Å². The first kappa shape index (κ1) is 24.3. The first-order valence-electron chi connectivity index (χ1n) is 10.9. The first-order valence-corrected chi connectivity index (χ1v) is 11.9. The Hall–Kier alpha value is -3.80. The van der Waals surface area contributed by atoms with Crippen molar-refractivity contribution >= 4 is 40.7 Å². The Labute approximate surface area is 205 Å². The van der Waals surface area contributed by atoms with Gasteiger partial charge >= 0.3 is 0 Å². The van der Waals surface area contributed by atoms with Gasteiger partial charge in [0, 0.05) is 50.0 Å². The number of tetrazole rings is 1. The maximum atomic E-state index is 14.5. The number of aromatic nitrogens is 4. The molecule has 1 aliphatic rings. The zero-order valence-electron chi connectivity index (χ0n) is 19.3. The predicted molar refractivity (Wildman–Crippen MR) is 129 cm³/mol. The van der Waals surface area contributed by atoms with Crippen LogP contribution in [0.1, 0.15) is 27.6 Å². The molecule has 0 aliphatic carbocycles.